The van der Waals surface area contributed by atoms with E-state index in [1.165, 1.54) is 6.07 Å². The molecule has 0 saturated carbocycles. The van der Waals surface area contributed by atoms with Crippen molar-refractivity contribution in [3.05, 3.63) is 46.7 Å². The van der Waals surface area contributed by atoms with Gasteiger partial charge in [-0.2, -0.15) is 0 Å². The number of hydrogen-bond acceptors (Lipinski definition) is 6. The van der Waals surface area contributed by atoms with Crippen LogP contribution in [0, 0.1) is 0 Å². The van der Waals surface area contributed by atoms with Crippen LogP contribution in [0.1, 0.15) is 41.6 Å². The summed E-state index contributed by atoms with van der Waals surface area (Å²) in [6, 6.07) is 7.83. The summed E-state index contributed by atoms with van der Waals surface area (Å²) in [6.45, 7) is 5.32. The molecular formula is C16H16ClN3O4. The van der Waals surface area contributed by atoms with Crippen LogP contribution in [0.15, 0.2) is 30.3 Å². The highest BCUT2D eigenvalue weighted by Gasteiger charge is 2.19. The number of ether oxygens (including phenoxy) is 1. The van der Waals surface area contributed by atoms with Crippen LogP contribution in [0.2, 0.25) is 5.15 Å². The fourth-order valence-electron chi connectivity index (χ4n) is 1.84. The van der Waals surface area contributed by atoms with Crippen molar-refractivity contribution in [2.24, 2.45) is 0 Å². The molecule has 8 heteroatoms. The molecule has 0 aliphatic heterocycles. The molecule has 0 fully saturated rings. The summed E-state index contributed by atoms with van der Waals surface area (Å²) in [4.78, 5) is 23.3. The van der Waals surface area contributed by atoms with E-state index < -0.39 is 17.5 Å². The Bertz CT molecular complexity index is 787. The molecule has 0 radical (unpaired) electrons. The summed E-state index contributed by atoms with van der Waals surface area (Å²) in [5.41, 5.74) is 0.107. The number of anilines is 2. The summed E-state index contributed by atoms with van der Waals surface area (Å²) in [6.07, 6.45) is 0. The van der Waals surface area contributed by atoms with E-state index in [4.69, 9.17) is 21.4 Å². The van der Waals surface area contributed by atoms with E-state index in [9.17, 15) is 9.59 Å². The van der Waals surface area contributed by atoms with Gasteiger partial charge in [0.25, 0.3) is 0 Å². The van der Waals surface area contributed by atoms with Gasteiger partial charge in [-0.3, -0.25) is 0 Å². The molecule has 1 aromatic carbocycles. The minimum absolute atomic E-state index is 0.0470. The Morgan fingerprint density at radius 2 is 1.92 bits per heavy atom. The van der Waals surface area contributed by atoms with E-state index in [0.29, 0.717) is 11.3 Å². The van der Waals surface area contributed by atoms with Gasteiger partial charge >= 0.3 is 11.9 Å². The average molecular weight is 350 g/mol. The standard InChI is InChI=1S/C16H16ClN3O4/c1-16(2,3)24-15(23)9-5-4-6-10(7-9)18-11-8-12(17)19-20-13(11)14(21)22/h4-8H,1-3H3,(H,18,19)(H,21,22). The largest absolute Gasteiger partial charge is 0.476 e. The van der Waals surface area contributed by atoms with Gasteiger partial charge in [-0.05, 0) is 39.0 Å². The number of aromatic nitrogens is 2. The van der Waals surface area contributed by atoms with Gasteiger partial charge in [0.1, 0.15) is 5.60 Å². The second kappa shape index (κ2) is 6.84. The maximum absolute atomic E-state index is 12.1. The molecule has 1 heterocycles. The molecule has 1 aromatic heterocycles. The molecule has 0 saturated heterocycles. The van der Waals surface area contributed by atoms with Crippen LogP contribution < -0.4 is 5.32 Å². The Balaban J connectivity index is 2.29. The fraction of sp³-hybridized carbons (Fsp3) is 0.250. The third kappa shape index (κ3) is 4.66. The third-order valence-corrected chi connectivity index (χ3v) is 2.93. The van der Waals surface area contributed by atoms with Crippen molar-refractivity contribution >= 4 is 34.9 Å². The molecule has 0 unspecified atom stereocenters. The first-order valence-corrected chi connectivity index (χ1v) is 7.40. The lowest BCUT2D eigenvalue weighted by Crippen LogP contribution is -2.23. The highest BCUT2D eigenvalue weighted by atomic mass is 35.5. The molecular weight excluding hydrogens is 334 g/mol. The fourth-order valence-corrected chi connectivity index (χ4v) is 1.98. The first-order chi connectivity index (χ1) is 11.2. The lowest BCUT2D eigenvalue weighted by molar-refractivity contribution is 0.00693. The zero-order valence-corrected chi connectivity index (χ0v) is 14.1. The Kier molecular flexibility index (Phi) is 5.04. The number of carboxylic acids is 1. The minimum atomic E-state index is -1.25. The number of hydrogen-bond donors (Lipinski definition) is 2. The van der Waals surface area contributed by atoms with Gasteiger partial charge in [0.2, 0.25) is 0 Å². The summed E-state index contributed by atoms with van der Waals surface area (Å²) >= 11 is 5.76. The number of esters is 1. The number of aromatic carboxylic acids is 1. The average Bonchev–Trinajstić information content (AvgIpc) is 2.45. The molecule has 2 aromatic rings. The third-order valence-electron chi connectivity index (χ3n) is 2.74. The quantitative estimate of drug-likeness (QED) is 0.814. The number of nitrogens with one attached hydrogen (secondary N) is 1. The van der Waals surface area contributed by atoms with E-state index in [0.717, 1.165) is 0 Å². The number of nitrogens with zero attached hydrogens (tertiary/aromatic N) is 2. The van der Waals surface area contributed by atoms with Crippen LogP contribution >= 0.6 is 11.6 Å². The molecule has 2 N–H and O–H groups in total. The van der Waals surface area contributed by atoms with E-state index in [1.807, 2.05) is 0 Å². The van der Waals surface area contributed by atoms with Gasteiger partial charge in [-0.25, -0.2) is 9.59 Å². The summed E-state index contributed by atoms with van der Waals surface area (Å²) in [7, 11) is 0. The summed E-state index contributed by atoms with van der Waals surface area (Å²) in [5.74, 6) is -1.72. The first-order valence-electron chi connectivity index (χ1n) is 7.03. The van der Waals surface area contributed by atoms with Crippen molar-refractivity contribution in [3.8, 4) is 0 Å². The summed E-state index contributed by atoms with van der Waals surface area (Å²) in [5, 5.41) is 19.1. The molecule has 0 spiro atoms. The Labute approximate surface area is 143 Å². The van der Waals surface area contributed by atoms with Gasteiger partial charge in [0.05, 0.1) is 11.3 Å². The monoisotopic (exact) mass is 349 g/mol. The molecule has 126 valence electrons. The number of benzene rings is 1. The number of carbonyl (C=O) groups excluding carboxylic acids is 1. The number of carboxylic acid groups (broad SMARTS) is 1. The van der Waals surface area contributed by atoms with Crippen molar-refractivity contribution in [2.45, 2.75) is 26.4 Å². The van der Waals surface area contributed by atoms with Gasteiger partial charge in [0.15, 0.2) is 10.8 Å². The normalized spacial score (nSPS) is 11.0. The predicted octanol–water partition coefficient (Wildman–Crippen LogP) is 3.53. The smallest absolute Gasteiger partial charge is 0.358 e. The van der Waals surface area contributed by atoms with Gasteiger partial charge in [-0.1, -0.05) is 17.7 Å². The Hall–Kier alpha value is -2.67. The van der Waals surface area contributed by atoms with E-state index in [-0.39, 0.29) is 16.5 Å². The van der Waals surface area contributed by atoms with Gasteiger partial charge in [-0.15, -0.1) is 10.2 Å². The second-order valence-corrected chi connectivity index (χ2v) is 6.33. The van der Waals surface area contributed by atoms with E-state index in [2.05, 4.69) is 15.5 Å². The van der Waals surface area contributed by atoms with Crippen LogP contribution in [-0.2, 0) is 4.74 Å². The number of carbonyl (C=O) groups is 2. The SMILES string of the molecule is CC(C)(C)OC(=O)c1cccc(Nc2cc(Cl)nnc2C(=O)O)c1. The van der Waals surface area contributed by atoms with Gasteiger partial charge < -0.3 is 15.2 Å². The molecule has 0 aliphatic rings. The van der Waals surface area contributed by atoms with Crippen molar-refractivity contribution < 1.29 is 19.4 Å². The first kappa shape index (κ1) is 17.7. The Morgan fingerprint density at radius 1 is 1.21 bits per heavy atom. The maximum atomic E-state index is 12.1. The number of halogens is 1. The van der Waals surface area contributed by atoms with E-state index in [1.54, 1.807) is 45.0 Å². The predicted molar refractivity (Wildman–Crippen MR) is 88.9 cm³/mol. The summed E-state index contributed by atoms with van der Waals surface area (Å²) < 4.78 is 5.31. The molecule has 0 atom stereocenters. The van der Waals surface area contributed by atoms with Crippen molar-refractivity contribution in [3.63, 3.8) is 0 Å². The van der Waals surface area contributed by atoms with Crippen LogP contribution in [0.5, 0.6) is 0 Å². The molecule has 2 rings (SSSR count). The molecule has 0 bridgehead atoms. The van der Waals surface area contributed by atoms with E-state index >= 15 is 0 Å². The zero-order chi connectivity index (χ0) is 17.9. The second-order valence-electron chi connectivity index (χ2n) is 5.94. The molecule has 0 amide bonds. The molecule has 24 heavy (non-hydrogen) atoms. The highest BCUT2D eigenvalue weighted by molar-refractivity contribution is 6.29. The topological polar surface area (TPSA) is 101 Å². The molecule has 7 nitrogen and oxygen atoms in total. The molecule has 0 aliphatic carbocycles. The van der Waals surface area contributed by atoms with Crippen LogP contribution in [0.25, 0.3) is 0 Å². The maximum Gasteiger partial charge on any atom is 0.358 e. The highest BCUT2D eigenvalue weighted by Crippen LogP contribution is 2.23. The van der Waals surface area contributed by atoms with Crippen molar-refractivity contribution in [1.29, 1.82) is 0 Å². The van der Waals surface area contributed by atoms with Gasteiger partial charge in [0, 0.05) is 11.8 Å². The minimum Gasteiger partial charge on any atom is -0.476 e. The lowest BCUT2D eigenvalue weighted by Gasteiger charge is -2.19. The number of rotatable bonds is 4. The lowest BCUT2D eigenvalue weighted by atomic mass is 10.1. The Morgan fingerprint density at radius 3 is 2.54 bits per heavy atom. The van der Waals surface area contributed by atoms with Crippen molar-refractivity contribution in [1.82, 2.24) is 10.2 Å². The van der Waals surface area contributed by atoms with Crippen molar-refractivity contribution in [2.75, 3.05) is 5.32 Å². The van der Waals surface area contributed by atoms with Crippen LogP contribution in [0.4, 0.5) is 11.4 Å². The van der Waals surface area contributed by atoms with Crippen LogP contribution in [0.3, 0.4) is 0 Å². The zero-order valence-electron chi connectivity index (χ0n) is 13.3. The van der Waals surface area contributed by atoms with Crippen LogP contribution in [-0.4, -0.2) is 32.8 Å².